The van der Waals surface area contributed by atoms with Gasteiger partial charge in [0.1, 0.15) is 18.5 Å². The quantitative estimate of drug-likeness (QED) is 0.306. The highest BCUT2D eigenvalue weighted by Crippen LogP contribution is 2.43. The van der Waals surface area contributed by atoms with Crippen molar-refractivity contribution in [1.82, 2.24) is 5.32 Å². The molecular weight excluding hydrogens is 412 g/mol. The lowest BCUT2D eigenvalue weighted by Gasteiger charge is -2.48. The number of quaternary nitrogens is 1. The number of hydroxylamine groups is 3. The summed E-state index contributed by atoms with van der Waals surface area (Å²) in [6, 6.07) is 8.27. The van der Waals surface area contributed by atoms with Crippen LogP contribution >= 0.6 is 0 Å². The van der Waals surface area contributed by atoms with E-state index < -0.39 is 64.3 Å². The molecule has 3 amide bonds. The molecule has 31 heavy (non-hydrogen) atoms. The summed E-state index contributed by atoms with van der Waals surface area (Å²) in [6.07, 6.45) is -2.54. The maximum Gasteiger partial charge on any atom is 0.412 e. The number of hydrogen-bond donors (Lipinski definition) is 3. The van der Waals surface area contributed by atoms with Crippen LogP contribution in [0.5, 0.6) is 0 Å². The molecule has 0 bridgehead atoms. The van der Waals surface area contributed by atoms with E-state index in [1.165, 1.54) is 20.8 Å². The molecule has 1 aromatic carbocycles. The van der Waals surface area contributed by atoms with E-state index in [9.17, 15) is 39.4 Å². The molecule has 1 aliphatic heterocycles. The van der Waals surface area contributed by atoms with Crippen molar-refractivity contribution in [3.63, 3.8) is 0 Å². The Labute approximate surface area is 177 Å². The third-order valence-corrected chi connectivity index (χ3v) is 5.13. The Hall–Kier alpha value is -3.31. The Morgan fingerprint density at radius 1 is 1.13 bits per heavy atom. The van der Waals surface area contributed by atoms with E-state index in [1.807, 2.05) is 5.32 Å². The topological polar surface area (TPSA) is 170 Å². The number of benzene rings is 1. The van der Waals surface area contributed by atoms with Gasteiger partial charge in [0, 0.05) is 0 Å². The largest absolute Gasteiger partial charge is 0.542 e. The first-order valence-electron chi connectivity index (χ1n) is 9.40. The van der Waals surface area contributed by atoms with Gasteiger partial charge in [-0.1, -0.05) is 51.1 Å². The Morgan fingerprint density at radius 3 is 2.06 bits per heavy atom. The number of likely N-dealkylation sites (tertiary alicyclic amines) is 1. The predicted molar refractivity (Wildman–Crippen MR) is 99.4 cm³/mol. The van der Waals surface area contributed by atoms with Crippen molar-refractivity contribution < 1.29 is 48.8 Å². The number of rotatable bonds is 7. The number of amides is 3. The van der Waals surface area contributed by atoms with Crippen molar-refractivity contribution in [2.75, 3.05) is 0 Å². The minimum Gasteiger partial charge on any atom is -0.542 e. The van der Waals surface area contributed by atoms with Gasteiger partial charge in [-0.2, -0.15) is 5.21 Å². The highest BCUT2D eigenvalue weighted by Gasteiger charge is 2.73. The number of alkyl carbamates (subject to hydrolysis) is 1. The normalized spacial score (nSPS) is 18.7. The lowest BCUT2D eigenvalue weighted by Crippen LogP contribution is -2.83. The van der Waals surface area contributed by atoms with Crippen molar-refractivity contribution in [2.24, 2.45) is 11.3 Å². The molecule has 168 valence electrons. The molecule has 1 heterocycles. The molecule has 0 aliphatic carbocycles. The van der Waals surface area contributed by atoms with Crippen molar-refractivity contribution in [3.05, 3.63) is 35.9 Å². The number of nitrogens with one attached hydrogen (secondary N) is 1. The summed E-state index contributed by atoms with van der Waals surface area (Å²) in [7, 11) is 0. The first kappa shape index (κ1) is 24.0. The van der Waals surface area contributed by atoms with Crippen LogP contribution < -0.4 is 10.4 Å². The summed E-state index contributed by atoms with van der Waals surface area (Å²) in [5.41, 5.74) is -4.30. The number of carbonyl (C=O) groups excluding carboxylic acids is 4. The zero-order valence-electron chi connectivity index (χ0n) is 17.3. The number of carboxylic acids is 2. The van der Waals surface area contributed by atoms with E-state index in [0.29, 0.717) is 5.56 Å². The highest BCUT2D eigenvalue weighted by atomic mass is 16.6. The fourth-order valence-electron chi connectivity index (χ4n) is 3.80. The van der Waals surface area contributed by atoms with Gasteiger partial charge in [0.05, 0.1) is 12.8 Å². The van der Waals surface area contributed by atoms with Gasteiger partial charge < -0.3 is 19.7 Å². The first-order chi connectivity index (χ1) is 14.3. The van der Waals surface area contributed by atoms with Crippen molar-refractivity contribution in [1.29, 1.82) is 0 Å². The summed E-state index contributed by atoms with van der Waals surface area (Å²) in [4.78, 5) is 62.1. The van der Waals surface area contributed by atoms with Gasteiger partial charge in [-0.3, -0.25) is 10.1 Å². The third-order valence-electron chi connectivity index (χ3n) is 5.13. The Bertz CT molecular complexity index is 891. The third kappa shape index (κ3) is 4.14. The number of carbonyl (C=O) groups is 5. The number of imide groups is 1. The SMILES string of the molecule is CC(C)(C)C(C(=O)O)[C@](NC(=O)OCc1ccccc1)(C(=O)[O-])[N+]1(O)C(=O)CCC1=O. The number of hydrogen-bond acceptors (Lipinski definition) is 8. The molecule has 11 heteroatoms. The second-order valence-electron chi connectivity index (χ2n) is 8.30. The zero-order valence-corrected chi connectivity index (χ0v) is 17.3. The molecule has 0 spiro atoms. The monoisotopic (exact) mass is 436 g/mol. The number of nitrogens with zero attached hydrogens (tertiary/aromatic N) is 1. The van der Waals surface area contributed by atoms with Crippen LogP contribution in [0.4, 0.5) is 4.79 Å². The smallest absolute Gasteiger partial charge is 0.412 e. The molecule has 1 aliphatic rings. The van der Waals surface area contributed by atoms with Gasteiger partial charge in [-0.05, 0) is 15.6 Å². The summed E-state index contributed by atoms with van der Waals surface area (Å²) in [5, 5.41) is 35.0. The molecule has 1 aromatic rings. The van der Waals surface area contributed by atoms with Gasteiger partial charge in [-0.15, -0.1) is 0 Å². The molecule has 11 nitrogen and oxygen atoms in total. The fraction of sp³-hybridized carbons (Fsp3) is 0.450. The lowest BCUT2D eigenvalue weighted by atomic mass is 9.71. The molecule has 0 aromatic heterocycles. The maximum absolute atomic E-state index is 12.5. The minimum atomic E-state index is -3.37. The molecule has 0 radical (unpaired) electrons. The van der Waals surface area contributed by atoms with Crippen LogP contribution in [-0.2, 0) is 30.5 Å². The highest BCUT2D eigenvalue weighted by molar-refractivity contribution is 5.98. The summed E-state index contributed by atoms with van der Waals surface area (Å²) in [6.45, 7) is 3.63. The van der Waals surface area contributed by atoms with Crippen LogP contribution in [-0.4, -0.2) is 50.5 Å². The van der Waals surface area contributed by atoms with Gasteiger partial charge in [0.2, 0.25) is 0 Å². The standard InChI is InChI=1S/C20H24N2O9/c1-19(2,3)15(16(25)26)20(17(27)28,22(30)13(23)9-10-14(22)24)21-18(29)31-11-12-7-5-4-6-8-12/h4-8,15,30H,9-11H2,1-3H3,(H2-,21,25,26,27,28,29)/t15?,20-/m1/s1. The zero-order chi connectivity index (χ0) is 23.6. The van der Waals surface area contributed by atoms with Crippen LogP contribution in [0.3, 0.4) is 0 Å². The van der Waals surface area contributed by atoms with E-state index in [4.69, 9.17) is 4.74 Å². The van der Waals surface area contributed by atoms with Crippen LogP contribution in [0.15, 0.2) is 30.3 Å². The van der Waals surface area contributed by atoms with Crippen LogP contribution in [0, 0.1) is 11.3 Å². The van der Waals surface area contributed by atoms with Crippen LogP contribution in [0.25, 0.3) is 0 Å². The Kier molecular flexibility index (Phi) is 6.52. The summed E-state index contributed by atoms with van der Waals surface area (Å²) >= 11 is 0. The number of aliphatic carboxylic acids is 2. The molecular formula is C20H24N2O9. The minimum absolute atomic E-state index is 0.323. The molecule has 1 saturated heterocycles. The molecule has 3 N–H and O–H groups in total. The van der Waals surface area contributed by atoms with E-state index in [0.717, 1.165) is 0 Å². The molecule has 2 rings (SSSR count). The van der Waals surface area contributed by atoms with Crippen LogP contribution in [0.1, 0.15) is 39.2 Å². The molecule has 2 atom stereocenters. The van der Waals surface area contributed by atoms with E-state index >= 15 is 0 Å². The average Bonchev–Trinajstić information content (AvgIpc) is 2.93. The molecule has 0 saturated carbocycles. The fourth-order valence-corrected chi connectivity index (χ4v) is 3.80. The Morgan fingerprint density at radius 2 is 1.65 bits per heavy atom. The number of ether oxygens (including phenoxy) is 1. The van der Waals surface area contributed by atoms with E-state index in [-0.39, 0.29) is 6.61 Å². The lowest BCUT2D eigenvalue weighted by molar-refractivity contribution is -1.01. The van der Waals surface area contributed by atoms with Crippen molar-refractivity contribution >= 4 is 29.8 Å². The maximum atomic E-state index is 12.5. The van der Waals surface area contributed by atoms with Crippen LogP contribution in [0.2, 0.25) is 0 Å². The summed E-state index contributed by atoms with van der Waals surface area (Å²) < 4.78 is 2.51. The van der Waals surface area contributed by atoms with E-state index in [1.54, 1.807) is 30.3 Å². The second kappa shape index (κ2) is 8.44. The van der Waals surface area contributed by atoms with Gasteiger partial charge in [0.25, 0.3) is 5.66 Å². The second-order valence-corrected chi connectivity index (χ2v) is 8.30. The molecule has 1 fully saturated rings. The van der Waals surface area contributed by atoms with Gasteiger partial charge in [-0.25, -0.2) is 14.4 Å². The summed E-state index contributed by atoms with van der Waals surface area (Å²) in [5.74, 6) is -8.83. The van der Waals surface area contributed by atoms with E-state index in [2.05, 4.69) is 0 Å². The predicted octanol–water partition coefficient (Wildman–Crippen LogP) is 0.159. The molecule has 1 unspecified atom stereocenters. The first-order valence-corrected chi connectivity index (χ1v) is 9.40. The van der Waals surface area contributed by atoms with Gasteiger partial charge >= 0.3 is 23.9 Å². The van der Waals surface area contributed by atoms with Crippen molar-refractivity contribution in [3.8, 4) is 0 Å². The van der Waals surface area contributed by atoms with Crippen molar-refractivity contribution in [2.45, 2.75) is 45.9 Å². The van der Waals surface area contributed by atoms with Gasteiger partial charge in [0.15, 0.2) is 0 Å². The Balaban J connectivity index is 2.59. The number of carboxylic acid groups (broad SMARTS) is 2. The average molecular weight is 436 g/mol.